The maximum Gasteiger partial charge on any atom is 0.251 e. The molecule has 0 atom stereocenters. The van der Waals surface area contributed by atoms with Gasteiger partial charge in [-0.15, -0.1) is 0 Å². The predicted molar refractivity (Wildman–Crippen MR) is 65.1 cm³/mol. The second-order valence-corrected chi connectivity index (χ2v) is 3.71. The van der Waals surface area contributed by atoms with E-state index < -0.39 is 23.4 Å². The third kappa shape index (κ3) is 2.49. The van der Waals surface area contributed by atoms with Gasteiger partial charge in [-0.05, 0) is 12.1 Å². The van der Waals surface area contributed by atoms with Crippen LogP contribution in [-0.2, 0) is 0 Å². The van der Waals surface area contributed by atoms with Crippen molar-refractivity contribution in [3.63, 3.8) is 0 Å². The van der Waals surface area contributed by atoms with E-state index in [9.17, 15) is 13.2 Å². The Bertz CT molecular complexity index is 698. The maximum absolute atomic E-state index is 13.5. The van der Waals surface area contributed by atoms with Gasteiger partial charge in [-0.3, -0.25) is 0 Å². The predicted octanol–water partition coefficient (Wildman–Crippen LogP) is 3.12. The zero-order valence-electron chi connectivity index (χ0n) is 10.2. The number of pyridine rings is 1. The summed E-state index contributed by atoms with van der Waals surface area (Å²) in [6, 6.07) is 6.80. The number of nitrogens with zero attached hydrogens (tertiary/aromatic N) is 2. The minimum Gasteiger partial charge on any atom is -0.495 e. The fraction of sp³-hybridized carbons (Fsp3) is 0.0769. The summed E-state index contributed by atoms with van der Waals surface area (Å²) >= 11 is 0. The summed E-state index contributed by atoms with van der Waals surface area (Å²) in [7, 11) is 1.36. The first-order valence-electron chi connectivity index (χ1n) is 5.42. The monoisotopic (exact) mass is 279 g/mol. The largest absolute Gasteiger partial charge is 0.495 e. The van der Waals surface area contributed by atoms with Crippen molar-refractivity contribution in [3.05, 3.63) is 47.4 Å². The first-order chi connectivity index (χ1) is 9.56. The van der Waals surface area contributed by atoms with Crippen LogP contribution in [0.1, 0.15) is 5.56 Å². The number of halogens is 3. The van der Waals surface area contributed by atoms with E-state index >= 15 is 0 Å². The molecule has 1 heterocycles. The first-order valence-corrected chi connectivity index (χ1v) is 5.42. The Hall–Kier alpha value is -2.75. The number of nitriles is 1. The third-order valence-corrected chi connectivity index (χ3v) is 2.50. The number of ether oxygens (including phenoxy) is 1. The minimum atomic E-state index is -1.44. The van der Waals surface area contributed by atoms with Crippen LogP contribution in [-0.4, -0.2) is 12.1 Å². The summed E-state index contributed by atoms with van der Waals surface area (Å²) in [6.45, 7) is 0. The molecule has 4 nitrogen and oxygen atoms in total. The lowest BCUT2D eigenvalue weighted by Gasteiger charge is -2.12. The molecular weight excluding hydrogens is 271 g/mol. The van der Waals surface area contributed by atoms with Crippen LogP contribution in [0.5, 0.6) is 5.75 Å². The molecule has 0 saturated carbocycles. The van der Waals surface area contributed by atoms with E-state index in [1.54, 1.807) is 6.07 Å². The molecule has 7 heteroatoms. The summed E-state index contributed by atoms with van der Waals surface area (Å²) in [4.78, 5) is 3.13. The topological polar surface area (TPSA) is 57.9 Å². The Kier molecular flexibility index (Phi) is 3.75. The van der Waals surface area contributed by atoms with Crippen LogP contribution in [0.3, 0.4) is 0 Å². The summed E-state index contributed by atoms with van der Waals surface area (Å²) < 4.78 is 44.4. The molecule has 0 bridgehead atoms. The van der Waals surface area contributed by atoms with Crippen LogP contribution in [0.2, 0.25) is 0 Å². The lowest BCUT2D eigenvalue weighted by molar-refractivity contribution is 0.416. The third-order valence-electron chi connectivity index (χ3n) is 2.50. The number of para-hydroxylation sites is 1. The van der Waals surface area contributed by atoms with E-state index in [-0.39, 0.29) is 17.0 Å². The smallest absolute Gasteiger partial charge is 0.251 e. The van der Waals surface area contributed by atoms with Crippen molar-refractivity contribution in [1.82, 2.24) is 4.98 Å². The van der Waals surface area contributed by atoms with Crippen molar-refractivity contribution < 1.29 is 17.9 Å². The highest BCUT2D eigenvalue weighted by Gasteiger charge is 2.15. The molecule has 1 N–H and O–H groups in total. The number of methoxy groups -OCH3 is 1. The van der Waals surface area contributed by atoms with Gasteiger partial charge in [-0.1, -0.05) is 6.07 Å². The minimum absolute atomic E-state index is 0.120. The van der Waals surface area contributed by atoms with Gasteiger partial charge in [0.25, 0.3) is 5.95 Å². The lowest BCUT2D eigenvalue weighted by atomic mass is 10.1. The molecule has 0 fully saturated rings. The fourth-order valence-electron chi connectivity index (χ4n) is 1.57. The Morgan fingerprint density at radius 1 is 1.25 bits per heavy atom. The van der Waals surface area contributed by atoms with E-state index in [1.807, 2.05) is 6.07 Å². The molecule has 20 heavy (non-hydrogen) atoms. The Balaban J connectivity index is 2.50. The number of hydrogen-bond acceptors (Lipinski definition) is 4. The summed E-state index contributed by atoms with van der Waals surface area (Å²) in [5.74, 6) is -4.21. The number of rotatable bonds is 3. The Morgan fingerprint density at radius 2 is 2.00 bits per heavy atom. The molecule has 1 aromatic carbocycles. The molecule has 0 aliphatic heterocycles. The molecule has 0 saturated heterocycles. The van der Waals surface area contributed by atoms with Gasteiger partial charge >= 0.3 is 0 Å². The summed E-state index contributed by atoms with van der Waals surface area (Å²) in [5, 5.41) is 11.4. The van der Waals surface area contributed by atoms with Gasteiger partial charge in [0.1, 0.15) is 17.5 Å². The molecule has 1 aromatic heterocycles. The van der Waals surface area contributed by atoms with Crippen LogP contribution in [0, 0.1) is 28.9 Å². The molecule has 0 radical (unpaired) electrons. The quantitative estimate of drug-likeness (QED) is 0.877. The van der Waals surface area contributed by atoms with Crippen molar-refractivity contribution in [1.29, 1.82) is 5.26 Å². The average molecular weight is 279 g/mol. The number of anilines is 2. The first kappa shape index (κ1) is 13.7. The van der Waals surface area contributed by atoms with Crippen molar-refractivity contribution in [3.8, 4) is 11.8 Å². The molecule has 2 aromatic rings. The highest BCUT2D eigenvalue weighted by atomic mass is 19.2. The van der Waals surface area contributed by atoms with Crippen molar-refractivity contribution in [2.24, 2.45) is 0 Å². The van der Waals surface area contributed by atoms with Gasteiger partial charge in [-0.25, -0.2) is 8.78 Å². The van der Waals surface area contributed by atoms with Gasteiger partial charge in [0.15, 0.2) is 17.5 Å². The number of aromatic nitrogens is 1. The Labute approximate surface area is 112 Å². The van der Waals surface area contributed by atoms with E-state index in [2.05, 4.69) is 10.3 Å². The lowest BCUT2D eigenvalue weighted by Crippen LogP contribution is -2.04. The SMILES string of the molecule is COc1cccc(C#N)c1Nc1nc(F)c(F)cc1F. The van der Waals surface area contributed by atoms with E-state index in [1.165, 1.54) is 19.2 Å². The van der Waals surface area contributed by atoms with Crippen LogP contribution >= 0.6 is 0 Å². The summed E-state index contributed by atoms with van der Waals surface area (Å²) in [5.41, 5.74) is 0.269. The van der Waals surface area contributed by atoms with Crippen LogP contribution in [0.15, 0.2) is 24.3 Å². The molecular formula is C13H8F3N3O. The van der Waals surface area contributed by atoms with Gasteiger partial charge in [0.05, 0.1) is 12.7 Å². The zero-order valence-corrected chi connectivity index (χ0v) is 10.2. The number of benzene rings is 1. The van der Waals surface area contributed by atoms with Crippen LogP contribution in [0.4, 0.5) is 24.7 Å². The molecule has 0 aliphatic carbocycles. The van der Waals surface area contributed by atoms with E-state index in [0.717, 1.165) is 0 Å². The number of hydrogen-bond donors (Lipinski definition) is 1. The van der Waals surface area contributed by atoms with E-state index in [0.29, 0.717) is 6.07 Å². The van der Waals surface area contributed by atoms with Gasteiger partial charge in [-0.2, -0.15) is 14.6 Å². The molecule has 0 spiro atoms. The zero-order chi connectivity index (χ0) is 14.7. The van der Waals surface area contributed by atoms with Gasteiger partial charge < -0.3 is 10.1 Å². The highest BCUT2D eigenvalue weighted by molar-refractivity contribution is 5.71. The van der Waals surface area contributed by atoms with Crippen LogP contribution < -0.4 is 10.1 Å². The maximum atomic E-state index is 13.5. The molecule has 0 unspecified atom stereocenters. The van der Waals surface area contributed by atoms with Crippen molar-refractivity contribution >= 4 is 11.5 Å². The van der Waals surface area contributed by atoms with Crippen LogP contribution in [0.25, 0.3) is 0 Å². The Morgan fingerprint density at radius 3 is 2.65 bits per heavy atom. The average Bonchev–Trinajstić information content (AvgIpc) is 2.44. The van der Waals surface area contributed by atoms with Gasteiger partial charge in [0, 0.05) is 6.07 Å². The fourth-order valence-corrected chi connectivity index (χ4v) is 1.57. The number of nitrogens with one attached hydrogen (secondary N) is 1. The molecule has 102 valence electrons. The summed E-state index contributed by atoms with van der Waals surface area (Å²) in [6.07, 6.45) is 0. The van der Waals surface area contributed by atoms with Gasteiger partial charge in [0.2, 0.25) is 0 Å². The van der Waals surface area contributed by atoms with Crippen molar-refractivity contribution in [2.45, 2.75) is 0 Å². The van der Waals surface area contributed by atoms with E-state index in [4.69, 9.17) is 10.00 Å². The van der Waals surface area contributed by atoms with Crippen molar-refractivity contribution in [2.75, 3.05) is 12.4 Å². The molecule has 0 amide bonds. The molecule has 0 aliphatic rings. The standard InChI is InChI=1S/C13H8F3N3O/c1-20-10-4-2-3-7(6-17)11(10)18-13-9(15)5-8(14)12(16)19-13/h2-5H,1H3,(H,18,19). The second-order valence-electron chi connectivity index (χ2n) is 3.71. The molecule has 2 rings (SSSR count). The second kappa shape index (κ2) is 5.48. The normalized spacial score (nSPS) is 9.95. The highest BCUT2D eigenvalue weighted by Crippen LogP contribution is 2.31.